The quantitative estimate of drug-likeness (QED) is 0.0854. The van der Waals surface area contributed by atoms with Crippen LogP contribution in [0.5, 0.6) is 0 Å². The van der Waals surface area contributed by atoms with E-state index < -0.39 is 230 Å². The smallest absolute Gasteiger partial charge is 0.187 e. The van der Waals surface area contributed by atoms with Gasteiger partial charge in [0, 0.05) is 6.61 Å². The summed E-state index contributed by atoms with van der Waals surface area (Å²) in [5.74, 6) is 0. The molecule has 22 saturated heterocycles. The van der Waals surface area contributed by atoms with E-state index in [9.17, 15) is 86.8 Å². The molecule has 22 aliphatic heterocycles. The first-order valence-electron chi connectivity index (χ1n) is 23.7. The second-order valence-corrected chi connectivity index (χ2v) is 18.2. The van der Waals surface area contributed by atoms with Crippen molar-refractivity contribution >= 4 is 0 Å². The van der Waals surface area contributed by atoms with Gasteiger partial charge in [-0.1, -0.05) is 6.92 Å². The fourth-order valence-corrected chi connectivity index (χ4v) is 9.71. The third-order valence-electron chi connectivity index (χ3n) is 13.6. The second-order valence-electron chi connectivity index (χ2n) is 18.2. The first kappa shape index (κ1) is 58.4. The minimum absolute atomic E-state index is 0.0808. The minimum atomic E-state index is -2.15. The molecule has 22 aliphatic rings. The molecular weight excluding hydrogens is 988 g/mol. The first-order chi connectivity index (χ1) is 34.4. The normalized spacial score (nSPS) is 52.2. The maximum absolute atomic E-state index is 11.8. The molecule has 72 heavy (non-hydrogen) atoms. The molecule has 22 rings (SSSR count). The van der Waals surface area contributed by atoms with Crippen LogP contribution in [0.25, 0.3) is 0 Å². The zero-order valence-corrected chi connectivity index (χ0v) is 38.9. The molecule has 31 nitrogen and oxygen atoms in total. The van der Waals surface area contributed by atoms with Crippen LogP contribution in [-0.2, 0) is 66.3 Å². The van der Waals surface area contributed by atoms with Crippen LogP contribution in [0.15, 0.2) is 0 Å². The van der Waals surface area contributed by atoms with Crippen molar-refractivity contribution in [3.05, 3.63) is 0 Å². The predicted molar refractivity (Wildman–Crippen MR) is 220 cm³/mol. The molecule has 0 amide bonds. The molecule has 0 saturated carbocycles. The Hall–Kier alpha value is -1.24. The molecule has 420 valence electrons. The molecule has 12 bridgehead atoms. The molecule has 1 unspecified atom stereocenters. The van der Waals surface area contributed by atoms with Crippen LogP contribution >= 0.6 is 0 Å². The Bertz CT molecular complexity index is 1640. The monoisotopic (exact) mass is 1060 g/mol. The summed E-state index contributed by atoms with van der Waals surface area (Å²) >= 11 is 0. The largest absolute Gasteiger partial charge is 0.394 e. The van der Waals surface area contributed by atoms with Crippen molar-refractivity contribution in [2.45, 2.75) is 211 Å². The van der Waals surface area contributed by atoms with Gasteiger partial charge in [-0.3, -0.25) is 0 Å². The number of aliphatic hydroxyl groups is 17. The summed E-state index contributed by atoms with van der Waals surface area (Å²) in [5.41, 5.74) is 0. The van der Waals surface area contributed by atoms with Crippen molar-refractivity contribution in [3.63, 3.8) is 0 Å². The van der Waals surface area contributed by atoms with Crippen LogP contribution in [0.3, 0.4) is 0 Å². The number of aliphatic hydroxyl groups excluding tert-OH is 17. The molecule has 0 aromatic carbocycles. The maximum Gasteiger partial charge on any atom is 0.187 e. The standard InChI is InChI=1S/C41H70O31/c1-3-17(48)66-35-27(58)41-65-16(10-47)33(35)72-40-26(57)34(59-4-2)32(15(9-46)64-40)71-39-25(56)21(52)30(13(7-44)63-39)69-37-23(54)19(50)28(11(5-42)61-37)67-36-22(53)18(49)29(12(6-43)60-36)68-38-24(55)20(51)31(70-41)14(8-45)62-38/h11-58H,3-10H2,1-2H3/t11-,12-,13-,14-,15-,16-,17?,18-,19-,20-,21-,22-,23-,24-,25-,26-,27-,28-,29-,30-,31-,32+,33+,34-,35-,36-,37-,38-,39-,40-,41-/m1/s1. The molecule has 0 aliphatic carbocycles. The van der Waals surface area contributed by atoms with E-state index in [-0.39, 0.29) is 13.0 Å². The summed E-state index contributed by atoms with van der Waals surface area (Å²) in [6.07, 6.45) is -58.1. The SMILES string of the molecule is CCO[C@@H]1[C@@H](O)[C@H]2O[C@@H]3[C@H](OC(O)CC)[C@@H](O)[C@@H](O[C@H]4[C@H](O)[C@@H](O)[C@@H](O[C@H]5[C@H](O)[C@@H](O)[C@@H](O[C@H]6[C@H](O)[C@@H](O)[C@@H](O[C@H]7[C@H](O)[C@@H](O)[C@@H](O[C@H]1[C@@H](CO)O2)O[C@@H]7CO)O[C@@H]6CO)O[C@@H]5CO)O[C@@H]4CO)O[C@@H]3CO. The number of ether oxygens (including phenoxy) is 14. The van der Waals surface area contributed by atoms with E-state index in [1.165, 1.54) is 13.8 Å². The van der Waals surface area contributed by atoms with Crippen molar-refractivity contribution in [2.75, 3.05) is 46.2 Å². The van der Waals surface area contributed by atoms with Gasteiger partial charge in [-0.2, -0.15) is 0 Å². The summed E-state index contributed by atoms with van der Waals surface area (Å²) in [5, 5.41) is 188. The zero-order chi connectivity index (χ0) is 52.5. The first-order valence-corrected chi connectivity index (χ1v) is 23.7. The van der Waals surface area contributed by atoms with Gasteiger partial charge in [0.25, 0.3) is 0 Å². The van der Waals surface area contributed by atoms with Gasteiger partial charge in [0.15, 0.2) is 44.0 Å². The van der Waals surface area contributed by atoms with Crippen molar-refractivity contribution in [3.8, 4) is 0 Å². The highest BCUT2D eigenvalue weighted by atomic mass is 16.8. The van der Waals surface area contributed by atoms with Gasteiger partial charge in [-0.25, -0.2) is 0 Å². The van der Waals surface area contributed by atoms with E-state index in [2.05, 4.69) is 0 Å². The fraction of sp³-hybridized carbons (Fsp3) is 1.00. The lowest BCUT2D eigenvalue weighted by atomic mass is 9.94. The average molecular weight is 1060 g/mol. The second kappa shape index (κ2) is 25.5. The van der Waals surface area contributed by atoms with Gasteiger partial charge < -0.3 is 153 Å². The highest BCUT2D eigenvalue weighted by Gasteiger charge is 2.59. The average Bonchev–Trinajstić information content (AvgIpc) is 3.37. The topological polar surface area (TPSA) is 473 Å². The summed E-state index contributed by atoms with van der Waals surface area (Å²) < 4.78 is 81.6. The molecule has 22 heterocycles. The molecule has 0 radical (unpaired) electrons. The third-order valence-corrected chi connectivity index (χ3v) is 13.6. The van der Waals surface area contributed by atoms with E-state index in [1.807, 2.05) is 0 Å². The fourth-order valence-electron chi connectivity index (χ4n) is 9.71. The molecular formula is C41H70O31. The number of hydrogen-bond donors (Lipinski definition) is 17. The van der Waals surface area contributed by atoms with Crippen molar-refractivity contribution in [1.82, 2.24) is 0 Å². The highest BCUT2D eigenvalue weighted by molar-refractivity contribution is 5.01. The molecule has 17 N–H and O–H groups in total. The summed E-state index contributed by atoms with van der Waals surface area (Å²) in [6, 6.07) is 0. The maximum atomic E-state index is 11.8. The number of hydrogen-bond acceptors (Lipinski definition) is 31. The highest BCUT2D eigenvalue weighted by Crippen LogP contribution is 2.39. The van der Waals surface area contributed by atoms with E-state index in [0.29, 0.717) is 0 Å². The summed E-state index contributed by atoms with van der Waals surface area (Å²) in [7, 11) is 0. The Morgan fingerprint density at radius 2 is 0.556 bits per heavy atom. The molecule has 0 aromatic rings. The lowest BCUT2D eigenvalue weighted by Crippen LogP contribution is -2.69. The van der Waals surface area contributed by atoms with Crippen LogP contribution in [0, 0.1) is 0 Å². The predicted octanol–water partition coefficient (Wildman–Crippen LogP) is -11.3. The molecule has 0 aromatic heterocycles. The van der Waals surface area contributed by atoms with Crippen LogP contribution in [0.4, 0.5) is 0 Å². The zero-order valence-electron chi connectivity index (χ0n) is 38.9. The Labute approximate surface area is 409 Å². The van der Waals surface area contributed by atoms with Gasteiger partial charge >= 0.3 is 0 Å². The van der Waals surface area contributed by atoms with Crippen molar-refractivity contribution < 1.29 is 153 Å². The van der Waals surface area contributed by atoms with Crippen LogP contribution in [0.2, 0.25) is 0 Å². The molecule has 22 fully saturated rings. The van der Waals surface area contributed by atoms with Gasteiger partial charge in [0.2, 0.25) is 0 Å². The Balaban J connectivity index is 1.24. The van der Waals surface area contributed by atoms with E-state index in [1.54, 1.807) is 0 Å². The van der Waals surface area contributed by atoms with Gasteiger partial charge in [0.05, 0.1) is 39.6 Å². The van der Waals surface area contributed by atoms with Gasteiger partial charge in [0.1, 0.15) is 146 Å². The van der Waals surface area contributed by atoms with E-state index >= 15 is 0 Å². The number of rotatable bonds is 11. The Morgan fingerprint density at radius 3 is 0.819 bits per heavy atom. The van der Waals surface area contributed by atoms with Gasteiger partial charge in [-0.15, -0.1) is 0 Å². The lowest BCUT2D eigenvalue weighted by Gasteiger charge is -2.51. The summed E-state index contributed by atoms with van der Waals surface area (Å²) in [4.78, 5) is 0. The Kier molecular flexibility index (Phi) is 20.7. The van der Waals surface area contributed by atoms with Gasteiger partial charge in [-0.05, 0) is 13.3 Å². The summed E-state index contributed by atoms with van der Waals surface area (Å²) in [6.45, 7) is -2.94. The van der Waals surface area contributed by atoms with E-state index in [4.69, 9.17) is 66.3 Å². The molecule has 0 spiro atoms. The van der Waals surface area contributed by atoms with Crippen molar-refractivity contribution in [1.29, 1.82) is 0 Å². The molecule has 31 atom stereocenters. The van der Waals surface area contributed by atoms with Crippen LogP contribution < -0.4 is 0 Å². The molecule has 31 heteroatoms. The minimum Gasteiger partial charge on any atom is -0.394 e. The van der Waals surface area contributed by atoms with Crippen LogP contribution in [-0.4, -0.2) is 324 Å². The lowest BCUT2D eigenvalue weighted by molar-refractivity contribution is -0.408. The Morgan fingerprint density at radius 1 is 0.319 bits per heavy atom. The third kappa shape index (κ3) is 11.8. The van der Waals surface area contributed by atoms with Crippen LogP contribution in [0.1, 0.15) is 20.3 Å². The van der Waals surface area contributed by atoms with E-state index in [0.717, 1.165) is 0 Å². The van der Waals surface area contributed by atoms with Crippen molar-refractivity contribution in [2.24, 2.45) is 0 Å².